The maximum Gasteiger partial charge on any atom is 0.132 e. The molecule has 88 valence electrons. The van der Waals surface area contributed by atoms with Crippen LogP contribution in [0, 0.1) is 0 Å². The summed E-state index contributed by atoms with van der Waals surface area (Å²) in [5.74, 6) is 0.865. The minimum Gasteiger partial charge on any atom is -0.496 e. The first kappa shape index (κ1) is 12.0. The molecule has 2 rings (SSSR count). The van der Waals surface area contributed by atoms with E-state index in [0.717, 1.165) is 21.2 Å². The predicted molar refractivity (Wildman–Crippen MR) is 69.2 cm³/mol. The third kappa shape index (κ3) is 2.78. The summed E-state index contributed by atoms with van der Waals surface area (Å²) in [6, 6.07) is 11.8. The zero-order chi connectivity index (χ0) is 12.1. The van der Waals surface area contributed by atoms with Gasteiger partial charge in [-0.05, 0) is 24.3 Å². The molecule has 0 saturated heterocycles. The van der Waals surface area contributed by atoms with Gasteiger partial charge in [-0.3, -0.25) is 4.98 Å². The number of benzene rings is 1. The molecule has 3 nitrogen and oxygen atoms in total. The van der Waals surface area contributed by atoms with Crippen molar-refractivity contribution in [3.05, 3.63) is 48.3 Å². The average molecular weight is 246 g/mol. The predicted octanol–water partition coefficient (Wildman–Crippen LogP) is 2.70. The summed E-state index contributed by atoms with van der Waals surface area (Å²) < 4.78 is 5.32. The van der Waals surface area contributed by atoms with Crippen LogP contribution in [-0.2, 0) is 6.54 Å². The highest BCUT2D eigenvalue weighted by atomic mass is 32.2. The van der Waals surface area contributed by atoms with Crippen molar-refractivity contribution < 1.29 is 4.74 Å². The largest absolute Gasteiger partial charge is 0.496 e. The van der Waals surface area contributed by atoms with E-state index in [4.69, 9.17) is 10.5 Å². The Morgan fingerprint density at radius 3 is 2.71 bits per heavy atom. The smallest absolute Gasteiger partial charge is 0.132 e. The van der Waals surface area contributed by atoms with Gasteiger partial charge in [0.15, 0.2) is 0 Å². The fourth-order valence-electron chi connectivity index (χ4n) is 1.49. The Bertz CT molecular complexity index is 457. The van der Waals surface area contributed by atoms with Crippen LogP contribution in [-0.4, -0.2) is 12.1 Å². The molecule has 17 heavy (non-hydrogen) atoms. The second-order valence-electron chi connectivity index (χ2n) is 3.41. The van der Waals surface area contributed by atoms with Gasteiger partial charge in [0.25, 0.3) is 0 Å². The van der Waals surface area contributed by atoms with Crippen LogP contribution in [0.2, 0.25) is 0 Å². The molecule has 0 bridgehead atoms. The van der Waals surface area contributed by atoms with Crippen molar-refractivity contribution in [2.75, 3.05) is 7.11 Å². The van der Waals surface area contributed by atoms with Gasteiger partial charge >= 0.3 is 0 Å². The van der Waals surface area contributed by atoms with Crippen molar-refractivity contribution in [3.63, 3.8) is 0 Å². The molecule has 1 heterocycles. The quantitative estimate of drug-likeness (QED) is 0.901. The molecule has 0 amide bonds. The van der Waals surface area contributed by atoms with E-state index >= 15 is 0 Å². The lowest BCUT2D eigenvalue weighted by Crippen LogP contribution is -2.00. The van der Waals surface area contributed by atoms with Gasteiger partial charge < -0.3 is 10.5 Å². The molecule has 0 atom stereocenters. The zero-order valence-electron chi connectivity index (χ0n) is 9.59. The summed E-state index contributed by atoms with van der Waals surface area (Å²) in [5, 5.41) is 0. The van der Waals surface area contributed by atoms with E-state index in [9.17, 15) is 0 Å². The van der Waals surface area contributed by atoms with Gasteiger partial charge in [-0.25, -0.2) is 0 Å². The normalized spacial score (nSPS) is 10.2. The van der Waals surface area contributed by atoms with Crippen LogP contribution in [0.1, 0.15) is 5.69 Å². The molecule has 0 saturated carbocycles. The minimum atomic E-state index is 0.443. The first-order valence-corrected chi connectivity index (χ1v) is 6.11. The highest BCUT2D eigenvalue weighted by Gasteiger charge is 2.07. The Kier molecular flexibility index (Phi) is 4.01. The van der Waals surface area contributed by atoms with E-state index in [1.807, 2.05) is 36.4 Å². The Morgan fingerprint density at radius 1 is 1.18 bits per heavy atom. The molecular formula is C13H14N2OS. The average Bonchev–Trinajstić information content (AvgIpc) is 2.40. The van der Waals surface area contributed by atoms with Crippen LogP contribution in [0.15, 0.2) is 52.4 Å². The lowest BCUT2D eigenvalue weighted by atomic mass is 10.3. The molecule has 0 aliphatic rings. The molecule has 0 aliphatic heterocycles. The molecule has 4 heteroatoms. The molecule has 0 unspecified atom stereocenters. The number of hydrogen-bond donors (Lipinski definition) is 1. The topological polar surface area (TPSA) is 48.1 Å². The number of hydrogen-bond acceptors (Lipinski definition) is 4. The highest BCUT2D eigenvalue weighted by molar-refractivity contribution is 7.99. The van der Waals surface area contributed by atoms with Crippen LogP contribution in [0.3, 0.4) is 0 Å². The summed E-state index contributed by atoms with van der Waals surface area (Å²) in [6.45, 7) is 0.443. The van der Waals surface area contributed by atoms with Gasteiger partial charge in [0, 0.05) is 17.6 Å². The Labute approximate surface area is 105 Å². The molecule has 1 aromatic carbocycles. The molecule has 1 aromatic heterocycles. The SMILES string of the molecule is COc1ccccc1Sc1cccnc1CN. The standard InChI is InChI=1S/C13H14N2OS/c1-16-11-5-2-3-6-13(11)17-12-7-4-8-15-10(12)9-14/h2-8H,9,14H2,1H3. The van der Waals surface area contributed by atoms with Gasteiger partial charge in [-0.1, -0.05) is 23.9 Å². The number of para-hydroxylation sites is 1. The van der Waals surface area contributed by atoms with Gasteiger partial charge in [-0.15, -0.1) is 0 Å². The first-order chi connectivity index (χ1) is 8.35. The fourth-order valence-corrected chi connectivity index (χ4v) is 2.53. The number of nitrogens with two attached hydrogens (primary N) is 1. The number of pyridine rings is 1. The van der Waals surface area contributed by atoms with Crippen LogP contribution < -0.4 is 10.5 Å². The van der Waals surface area contributed by atoms with E-state index < -0.39 is 0 Å². The van der Waals surface area contributed by atoms with Gasteiger partial charge in [0.05, 0.1) is 17.7 Å². The van der Waals surface area contributed by atoms with E-state index in [0.29, 0.717) is 6.54 Å². The minimum absolute atomic E-state index is 0.443. The lowest BCUT2D eigenvalue weighted by molar-refractivity contribution is 0.405. The Morgan fingerprint density at radius 2 is 1.94 bits per heavy atom. The molecule has 2 aromatic rings. The summed E-state index contributed by atoms with van der Waals surface area (Å²) >= 11 is 1.62. The monoisotopic (exact) mass is 246 g/mol. The van der Waals surface area contributed by atoms with E-state index in [1.54, 1.807) is 25.1 Å². The summed E-state index contributed by atoms with van der Waals surface area (Å²) in [6.07, 6.45) is 1.76. The number of methoxy groups -OCH3 is 1. The first-order valence-electron chi connectivity index (χ1n) is 5.30. The molecule has 0 fully saturated rings. The Hall–Kier alpha value is -1.52. The third-order valence-electron chi connectivity index (χ3n) is 2.33. The van der Waals surface area contributed by atoms with Crippen molar-refractivity contribution >= 4 is 11.8 Å². The van der Waals surface area contributed by atoms with Crippen molar-refractivity contribution in [1.82, 2.24) is 4.98 Å². The number of nitrogens with zero attached hydrogens (tertiary/aromatic N) is 1. The van der Waals surface area contributed by atoms with Crippen molar-refractivity contribution in [3.8, 4) is 5.75 Å². The van der Waals surface area contributed by atoms with E-state index in [-0.39, 0.29) is 0 Å². The van der Waals surface area contributed by atoms with Crippen molar-refractivity contribution in [2.45, 2.75) is 16.3 Å². The zero-order valence-corrected chi connectivity index (χ0v) is 10.4. The van der Waals surface area contributed by atoms with E-state index in [2.05, 4.69) is 4.98 Å². The van der Waals surface area contributed by atoms with Crippen LogP contribution in [0.5, 0.6) is 5.75 Å². The maximum absolute atomic E-state index is 5.67. The molecule has 2 N–H and O–H groups in total. The summed E-state index contributed by atoms with van der Waals surface area (Å²) in [4.78, 5) is 6.40. The summed E-state index contributed by atoms with van der Waals surface area (Å²) in [7, 11) is 1.67. The third-order valence-corrected chi connectivity index (χ3v) is 3.48. The summed E-state index contributed by atoms with van der Waals surface area (Å²) in [5.41, 5.74) is 6.57. The second kappa shape index (κ2) is 5.70. The molecular weight excluding hydrogens is 232 g/mol. The van der Waals surface area contributed by atoms with Crippen LogP contribution in [0.25, 0.3) is 0 Å². The highest BCUT2D eigenvalue weighted by Crippen LogP contribution is 2.35. The second-order valence-corrected chi connectivity index (χ2v) is 4.49. The van der Waals surface area contributed by atoms with E-state index in [1.165, 1.54) is 0 Å². The Balaban J connectivity index is 2.31. The molecule has 0 radical (unpaired) electrons. The van der Waals surface area contributed by atoms with Crippen LogP contribution >= 0.6 is 11.8 Å². The van der Waals surface area contributed by atoms with Crippen LogP contribution in [0.4, 0.5) is 0 Å². The van der Waals surface area contributed by atoms with Crippen molar-refractivity contribution in [2.24, 2.45) is 5.73 Å². The lowest BCUT2D eigenvalue weighted by Gasteiger charge is -2.09. The molecule has 0 aliphatic carbocycles. The fraction of sp³-hybridized carbons (Fsp3) is 0.154. The molecule has 0 spiro atoms. The maximum atomic E-state index is 5.67. The number of aromatic nitrogens is 1. The number of rotatable bonds is 4. The van der Waals surface area contributed by atoms with Gasteiger partial charge in [0.1, 0.15) is 5.75 Å². The van der Waals surface area contributed by atoms with Crippen molar-refractivity contribution in [1.29, 1.82) is 0 Å². The number of ether oxygens (including phenoxy) is 1. The van der Waals surface area contributed by atoms with Gasteiger partial charge in [0.2, 0.25) is 0 Å². The van der Waals surface area contributed by atoms with Gasteiger partial charge in [-0.2, -0.15) is 0 Å².